The summed E-state index contributed by atoms with van der Waals surface area (Å²) in [6, 6.07) is 1.25. The molecule has 0 radical (unpaired) electrons. The Bertz CT molecular complexity index is 701. The number of ether oxygens (including phenoxy) is 1. The molecular formula is C18H24F3N3O3. The molecule has 0 unspecified atom stereocenters. The molecule has 1 aliphatic carbocycles. The molecule has 150 valence electrons. The fourth-order valence-electron chi connectivity index (χ4n) is 2.55. The van der Waals surface area contributed by atoms with Crippen LogP contribution < -0.4 is 15.4 Å². The number of halogens is 3. The van der Waals surface area contributed by atoms with Crippen LogP contribution in [0.5, 0.6) is 5.75 Å². The van der Waals surface area contributed by atoms with Crippen LogP contribution in [0.3, 0.4) is 0 Å². The van der Waals surface area contributed by atoms with E-state index < -0.39 is 24.1 Å². The second-order valence-electron chi connectivity index (χ2n) is 7.48. The third kappa shape index (κ3) is 6.73. The molecule has 1 saturated carbocycles. The highest BCUT2D eigenvalue weighted by molar-refractivity contribution is 5.92. The topological polar surface area (TPSA) is 80.3 Å². The number of carbonyl (C=O) groups excluding carboxylic acids is 2. The van der Waals surface area contributed by atoms with Crippen molar-refractivity contribution in [2.45, 2.75) is 45.2 Å². The van der Waals surface area contributed by atoms with E-state index in [9.17, 15) is 22.8 Å². The van der Waals surface area contributed by atoms with Gasteiger partial charge in [-0.05, 0) is 24.2 Å². The average Bonchev–Trinajstić information content (AvgIpc) is 3.41. The Kier molecular flexibility index (Phi) is 6.33. The maximum atomic E-state index is 12.5. The second-order valence-corrected chi connectivity index (χ2v) is 7.48. The van der Waals surface area contributed by atoms with Crippen LogP contribution in [0.4, 0.5) is 13.2 Å². The number of amides is 2. The quantitative estimate of drug-likeness (QED) is 0.719. The molecule has 1 fully saturated rings. The lowest BCUT2D eigenvalue weighted by atomic mass is 9.89. The van der Waals surface area contributed by atoms with Crippen molar-refractivity contribution in [2.75, 3.05) is 20.2 Å². The van der Waals surface area contributed by atoms with Gasteiger partial charge < -0.3 is 15.4 Å². The van der Waals surface area contributed by atoms with Crippen molar-refractivity contribution in [1.29, 1.82) is 0 Å². The van der Waals surface area contributed by atoms with Crippen LogP contribution >= 0.6 is 0 Å². The van der Waals surface area contributed by atoms with Gasteiger partial charge in [0.15, 0.2) is 6.61 Å². The van der Waals surface area contributed by atoms with E-state index in [1.165, 1.54) is 19.3 Å². The highest BCUT2D eigenvalue weighted by Gasteiger charge is 2.32. The first kappa shape index (κ1) is 21.0. The minimum absolute atomic E-state index is 0.0210. The number of hydrogen-bond acceptors (Lipinski definition) is 4. The lowest BCUT2D eigenvalue weighted by Gasteiger charge is -2.24. The van der Waals surface area contributed by atoms with E-state index in [1.807, 2.05) is 13.8 Å². The molecule has 0 aliphatic heterocycles. The lowest BCUT2D eigenvalue weighted by Crippen LogP contribution is -2.37. The third-order valence-electron chi connectivity index (χ3n) is 4.18. The van der Waals surface area contributed by atoms with Crippen LogP contribution in [0.25, 0.3) is 0 Å². The molecule has 27 heavy (non-hydrogen) atoms. The fraction of sp³-hybridized carbons (Fsp3) is 0.611. The minimum atomic E-state index is -4.46. The molecule has 0 atom stereocenters. The maximum absolute atomic E-state index is 12.5. The molecule has 1 aliphatic rings. The number of aromatic nitrogens is 1. The predicted octanol–water partition coefficient (Wildman–Crippen LogP) is 2.79. The van der Waals surface area contributed by atoms with Crippen molar-refractivity contribution in [2.24, 2.45) is 5.41 Å². The SMILES string of the molecule is CNC(=O)CC(C)(C)CNC(=O)c1cc(OCC(F)(F)F)c(C2CC2)cn1. The maximum Gasteiger partial charge on any atom is 0.422 e. The van der Waals surface area contributed by atoms with Gasteiger partial charge in [0.25, 0.3) is 5.91 Å². The summed E-state index contributed by atoms with van der Waals surface area (Å²) in [5.41, 5.74) is 0.0855. The average molecular weight is 387 g/mol. The van der Waals surface area contributed by atoms with Crippen molar-refractivity contribution in [3.05, 3.63) is 23.5 Å². The van der Waals surface area contributed by atoms with Crippen LogP contribution in [0.15, 0.2) is 12.3 Å². The molecule has 1 aromatic rings. The highest BCUT2D eigenvalue weighted by Crippen LogP contribution is 2.44. The summed E-state index contributed by atoms with van der Waals surface area (Å²) in [6.45, 7) is 2.44. The predicted molar refractivity (Wildman–Crippen MR) is 92.6 cm³/mol. The van der Waals surface area contributed by atoms with Gasteiger partial charge >= 0.3 is 6.18 Å². The second kappa shape index (κ2) is 8.14. The van der Waals surface area contributed by atoms with Gasteiger partial charge in [-0.3, -0.25) is 14.6 Å². The van der Waals surface area contributed by atoms with E-state index in [1.54, 1.807) is 0 Å². The van der Waals surface area contributed by atoms with Gasteiger partial charge in [0.1, 0.15) is 11.4 Å². The summed E-state index contributed by atoms with van der Waals surface area (Å²) in [5.74, 6) is -0.507. The Hall–Kier alpha value is -2.32. The molecule has 1 heterocycles. The van der Waals surface area contributed by atoms with Gasteiger partial charge in [-0.1, -0.05) is 13.8 Å². The Morgan fingerprint density at radius 1 is 1.30 bits per heavy atom. The van der Waals surface area contributed by atoms with Crippen molar-refractivity contribution in [1.82, 2.24) is 15.6 Å². The van der Waals surface area contributed by atoms with Crippen molar-refractivity contribution < 1.29 is 27.5 Å². The molecular weight excluding hydrogens is 363 g/mol. The standard InChI is InChI=1S/C18H24F3N3O3/c1-17(2,7-15(25)22-3)9-24-16(26)13-6-14(27-10-18(19,20)21)12(8-23-13)11-4-5-11/h6,8,11H,4-5,7,9-10H2,1-3H3,(H,22,25)(H,24,26). The number of pyridine rings is 1. The number of nitrogens with zero attached hydrogens (tertiary/aromatic N) is 1. The summed E-state index contributed by atoms with van der Waals surface area (Å²) in [5, 5.41) is 5.20. The summed E-state index contributed by atoms with van der Waals surface area (Å²) < 4.78 is 42.4. The monoisotopic (exact) mass is 387 g/mol. The number of hydrogen-bond donors (Lipinski definition) is 2. The van der Waals surface area contributed by atoms with E-state index in [0.717, 1.165) is 12.8 Å². The largest absolute Gasteiger partial charge is 0.484 e. The van der Waals surface area contributed by atoms with Crippen LogP contribution in [0, 0.1) is 5.41 Å². The first-order chi connectivity index (χ1) is 12.5. The van der Waals surface area contributed by atoms with Gasteiger partial charge in [-0.15, -0.1) is 0 Å². The van der Waals surface area contributed by atoms with Crippen LogP contribution in [0.1, 0.15) is 55.1 Å². The molecule has 1 aromatic heterocycles. The van der Waals surface area contributed by atoms with Gasteiger partial charge in [0, 0.05) is 37.8 Å². The summed E-state index contributed by atoms with van der Waals surface area (Å²) in [4.78, 5) is 27.9. The summed E-state index contributed by atoms with van der Waals surface area (Å²) in [6.07, 6.45) is -1.10. The van der Waals surface area contributed by atoms with Gasteiger partial charge in [0.05, 0.1) is 0 Å². The first-order valence-electron chi connectivity index (χ1n) is 8.69. The molecule has 2 amide bonds. The van der Waals surface area contributed by atoms with E-state index in [0.29, 0.717) is 5.56 Å². The minimum Gasteiger partial charge on any atom is -0.484 e. The first-order valence-corrected chi connectivity index (χ1v) is 8.69. The van der Waals surface area contributed by atoms with Gasteiger partial charge in [-0.2, -0.15) is 13.2 Å². The molecule has 0 spiro atoms. The Morgan fingerprint density at radius 3 is 2.52 bits per heavy atom. The Morgan fingerprint density at radius 2 is 1.96 bits per heavy atom. The highest BCUT2D eigenvalue weighted by atomic mass is 19.4. The summed E-state index contributed by atoms with van der Waals surface area (Å²) in [7, 11) is 1.53. The summed E-state index contributed by atoms with van der Waals surface area (Å²) >= 11 is 0. The van der Waals surface area contributed by atoms with E-state index in [2.05, 4.69) is 15.6 Å². The molecule has 0 aromatic carbocycles. The molecule has 2 N–H and O–H groups in total. The Labute approximate surface area is 155 Å². The third-order valence-corrected chi connectivity index (χ3v) is 4.18. The van der Waals surface area contributed by atoms with Crippen molar-refractivity contribution in [3.8, 4) is 5.75 Å². The smallest absolute Gasteiger partial charge is 0.422 e. The van der Waals surface area contributed by atoms with Crippen LogP contribution in [-0.4, -0.2) is 43.2 Å². The molecule has 0 bridgehead atoms. The van der Waals surface area contributed by atoms with Crippen LogP contribution in [0.2, 0.25) is 0 Å². The molecule has 6 nitrogen and oxygen atoms in total. The zero-order chi connectivity index (χ0) is 20.2. The normalized spacial score (nSPS) is 14.6. The number of rotatable bonds is 8. The van der Waals surface area contributed by atoms with Crippen molar-refractivity contribution in [3.63, 3.8) is 0 Å². The molecule has 0 saturated heterocycles. The van der Waals surface area contributed by atoms with Crippen molar-refractivity contribution >= 4 is 11.8 Å². The van der Waals surface area contributed by atoms with E-state index >= 15 is 0 Å². The Balaban J connectivity index is 2.06. The number of nitrogens with one attached hydrogen (secondary N) is 2. The fourth-order valence-corrected chi connectivity index (χ4v) is 2.55. The zero-order valence-electron chi connectivity index (χ0n) is 15.6. The lowest BCUT2D eigenvalue weighted by molar-refractivity contribution is -0.153. The molecule has 9 heteroatoms. The van der Waals surface area contributed by atoms with Gasteiger partial charge in [-0.25, -0.2) is 0 Å². The zero-order valence-corrected chi connectivity index (χ0v) is 15.6. The van der Waals surface area contributed by atoms with E-state index in [4.69, 9.17) is 4.74 Å². The van der Waals surface area contributed by atoms with E-state index in [-0.39, 0.29) is 36.2 Å². The van der Waals surface area contributed by atoms with Gasteiger partial charge in [0.2, 0.25) is 5.91 Å². The molecule has 2 rings (SSSR count). The number of alkyl halides is 3. The number of carbonyl (C=O) groups is 2. The van der Waals surface area contributed by atoms with Crippen LogP contribution in [-0.2, 0) is 4.79 Å².